The summed E-state index contributed by atoms with van der Waals surface area (Å²) < 4.78 is 10.7. The third kappa shape index (κ3) is 5.01. The number of hydrogen-bond acceptors (Lipinski definition) is 3. The number of para-hydroxylation sites is 1. The fourth-order valence-corrected chi connectivity index (χ4v) is 1.45. The first-order chi connectivity index (χ1) is 8.63. The second-order valence-corrected chi connectivity index (χ2v) is 3.92. The van der Waals surface area contributed by atoms with Crippen LogP contribution in [0.4, 0.5) is 0 Å². The molecular formula is C14H18O4. The lowest BCUT2D eigenvalue weighted by atomic mass is 10.2. The fourth-order valence-electron chi connectivity index (χ4n) is 1.45. The summed E-state index contributed by atoms with van der Waals surface area (Å²) >= 11 is 0. The molecule has 0 aliphatic carbocycles. The van der Waals surface area contributed by atoms with Gasteiger partial charge in [-0.15, -0.1) is 0 Å². The molecule has 0 saturated heterocycles. The zero-order valence-corrected chi connectivity index (χ0v) is 10.6. The molecule has 1 rings (SSSR count). The molecular weight excluding hydrogens is 232 g/mol. The summed E-state index contributed by atoms with van der Waals surface area (Å²) in [6.45, 7) is 2.59. The first-order valence-corrected chi connectivity index (χ1v) is 5.79. The molecule has 0 aromatic heterocycles. The zero-order chi connectivity index (χ0) is 13.4. The smallest absolute Gasteiger partial charge is 0.328 e. The maximum Gasteiger partial charge on any atom is 0.328 e. The van der Waals surface area contributed by atoms with E-state index >= 15 is 0 Å². The van der Waals surface area contributed by atoms with Gasteiger partial charge in [0.15, 0.2) is 0 Å². The summed E-state index contributed by atoms with van der Waals surface area (Å²) in [5.74, 6) is -0.296. The molecule has 0 spiro atoms. The van der Waals surface area contributed by atoms with Gasteiger partial charge in [-0.05, 0) is 19.1 Å². The highest BCUT2D eigenvalue weighted by Crippen LogP contribution is 2.21. The highest BCUT2D eigenvalue weighted by molar-refractivity contribution is 5.85. The normalized spacial score (nSPS) is 12.6. The summed E-state index contributed by atoms with van der Waals surface area (Å²) in [6.07, 6.45) is 3.43. The number of aliphatic carboxylic acids is 1. The summed E-state index contributed by atoms with van der Waals surface area (Å²) in [6, 6.07) is 7.34. The Morgan fingerprint density at radius 3 is 2.83 bits per heavy atom. The molecule has 4 nitrogen and oxygen atoms in total. The van der Waals surface area contributed by atoms with Crippen LogP contribution in [0.3, 0.4) is 0 Å². The van der Waals surface area contributed by atoms with E-state index in [0.29, 0.717) is 12.4 Å². The van der Waals surface area contributed by atoms with Crippen LogP contribution in [0.2, 0.25) is 0 Å². The number of benzene rings is 1. The van der Waals surface area contributed by atoms with Crippen LogP contribution < -0.4 is 4.74 Å². The summed E-state index contributed by atoms with van der Waals surface area (Å²) in [7, 11) is 1.65. The third-order valence-corrected chi connectivity index (χ3v) is 2.38. The molecule has 1 N–H and O–H groups in total. The Labute approximate surface area is 107 Å². The van der Waals surface area contributed by atoms with E-state index in [1.165, 1.54) is 6.08 Å². The van der Waals surface area contributed by atoms with E-state index in [-0.39, 0.29) is 6.10 Å². The number of methoxy groups -OCH3 is 1. The number of carboxylic acid groups (broad SMARTS) is 1. The van der Waals surface area contributed by atoms with Gasteiger partial charge in [0.1, 0.15) is 5.75 Å². The highest BCUT2D eigenvalue weighted by atomic mass is 16.5. The van der Waals surface area contributed by atoms with Crippen molar-refractivity contribution in [2.75, 3.05) is 13.7 Å². The molecule has 1 aromatic carbocycles. The maximum atomic E-state index is 10.5. The molecule has 0 amide bonds. The van der Waals surface area contributed by atoms with Gasteiger partial charge in [-0.25, -0.2) is 4.79 Å². The SMILES string of the molecule is COCCC(C)Oc1ccccc1/C=C/C(=O)O. The van der Waals surface area contributed by atoms with Crippen molar-refractivity contribution in [2.24, 2.45) is 0 Å². The van der Waals surface area contributed by atoms with Gasteiger partial charge in [0.2, 0.25) is 0 Å². The van der Waals surface area contributed by atoms with Gasteiger partial charge in [-0.2, -0.15) is 0 Å². The van der Waals surface area contributed by atoms with Gasteiger partial charge in [-0.3, -0.25) is 0 Å². The van der Waals surface area contributed by atoms with Crippen molar-refractivity contribution < 1.29 is 19.4 Å². The topological polar surface area (TPSA) is 55.8 Å². The first kappa shape index (κ1) is 14.3. The predicted molar refractivity (Wildman–Crippen MR) is 69.7 cm³/mol. The molecule has 18 heavy (non-hydrogen) atoms. The molecule has 1 unspecified atom stereocenters. The van der Waals surface area contributed by atoms with Crippen molar-refractivity contribution in [3.05, 3.63) is 35.9 Å². The molecule has 0 heterocycles. The van der Waals surface area contributed by atoms with Gasteiger partial charge < -0.3 is 14.6 Å². The number of hydrogen-bond donors (Lipinski definition) is 1. The van der Waals surface area contributed by atoms with Gasteiger partial charge in [0.05, 0.1) is 6.10 Å². The van der Waals surface area contributed by atoms with E-state index in [2.05, 4.69) is 0 Å². The Hall–Kier alpha value is -1.81. The largest absolute Gasteiger partial charge is 0.490 e. The van der Waals surface area contributed by atoms with Gasteiger partial charge in [0, 0.05) is 31.8 Å². The zero-order valence-electron chi connectivity index (χ0n) is 10.6. The van der Waals surface area contributed by atoms with Crippen molar-refractivity contribution in [2.45, 2.75) is 19.4 Å². The van der Waals surface area contributed by atoms with Crippen LogP contribution in [0.15, 0.2) is 30.3 Å². The van der Waals surface area contributed by atoms with Gasteiger partial charge in [-0.1, -0.05) is 18.2 Å². The van der Waals surface area contributed by atoms with Gasteiger partial charge >= 0.3 is 5.97 Å². The third-order valence-electron chi connectivity index (χ3n) is 2.38. The molecule has 0 fully saturated rings. The van der Waals surface area contributed by atoms with Crippen molar-refractivity contribution >= 4 is 12.0 Å². The molecule has 0 saturated carbocycles. The highest BCUT2D eigenvalue weighted by Gasteiger charge is 2.06. The van der Waals surface area contributed by atoms with Crippen LogP contribution in [0, 0.1) is 0 Å². The van der Waals surface area contributed by atoms with E-state index in [9.17, 15) is 4.79 Å². The van der Waals surface area contributed by atoms with Crippen LogP contribution in [0.1, 0.15) is 18.9 Å². The molecule has 0 radical (unpaired) electrons. The van der Waals surface area contributed by atoms with Crippen LogP contribution >= 0.6 is 0 Å². The van der Waals surface area contributed by atoms with E-state index in [1.54, 1.807) is 7.11 Å². The Morgan fingerprint density at radius 1 is 1.44 bits per heavy atom. The van der Waals surface area contributed by atoms with E-state index in [1.807, 2.05) is 31.2 Å². The average molecular weight is 250 g/mol. The van der Waals surface area contributed by atoms with Crippen molar-refractivity contribution in [3.63, 3.8) is 0 Å². The Balaban J connectivity index is 2.72. The van der Waals surface area contributed by atoms with Crippen LogP contribution in [0.5, 0.6) is 5.75 Å². The van der Waals surface area contributed by atoms with Gasteiger partial charge in [0.25, 0.3) is 0 Å². The molecule has 0 bridgehead atoms. The van der Waals surface area contributed by atoms with E-state index < -0.39 is 5.97 Å². The summed E-state index contributed by atoms with van der Waals surface area (Å²) in [4.78, 5) is 10.5. The Morgan fingerprint density at radius 2 is 2.17 bits per heavy atom. The number of carbonyl (C=O) groups is 1. The van der Waals surface area contributed by atoms with Crippen molar-refractivity contribution in [1.82, 2.24) is 0 Å². The monoisotopic (exact) mass is 250 g/mol. The van der Waals surface area contributed by atoms with Crippen LogP contribution in [-0.2, 0) is 9.53 Å². The lowest BCUT2D eigenvalue weighted by molar-refractivity contribution is -0.131. The van der Waals surface area contributed by atoms with Crippen LogP contribution in [0.25, 0.3) is 6.08 Å². The van der Waals surface area contributed by atoms with E-state index in [0.717, 1.165) is 18.1 Å². The molecule has 0 aliphatic heterocycles. The number of carboxylic acids is 1. The second kappa shape index (κ2) is 7.50. The summed E-state index contributed by atoms with van der Waals surface area (Å²) in [5.41, 5.74) is 0.754. The lowest BCUT2D eigenvalue weighted by Gasteiger charge is -2.15. The maximum absolute atomic E-state index is 10.5. The molecule has 0 aliphatic rings. The Bertz CT molecular complexity index is 412. The van der Waals surface area contributed by atoms with Crippen molar-refractivity contribution in [3.8, 4) is 5.75 Å². The molecule has 4 heteroatoms. The van der Waals surface area contributed by atoms with E-state index in [4.69, 9.17) is 14.6 Å². The summed E-state index contributed by atoms with van der Waals surface area (Å²) in [5, 5.41) is 8.62. The minimum atomic E-state index is -0.975. The quantitative estimate of drug-likeness (QED) is 0.756. The number of rotatable bonds is 7. The molecule has 1 atom stereocenters. The fraction of sp³-hybridized carbons (Fsp3) is 0.357. The lowest BCUT2D eigenvalue weighted by Crippen LogP contribution is -2.14. The van der Waals surface area contributed by atoms with Crippen LogP contribution in [-0.4, -0.2) is 30.9 Å². The second-order valence-electron chi connectivity index (χ2n) is 3.92. The molecule has 98 valence electrons. The molecule has 1 aromatic rings. The predicted octanol–water partition coefficient (Wildman–Crippen LogP) is 2.59. The average Bonchev–Trinajstić information content (AvgIpc) is 2.35. The Kier molecular flexibility index (Phi) is 5.94. The first-order valence-electron chi connectivity index (χ1n) is 5.79. The number of ether oxygens (including phenoxy) is 2. The minimum Gasteiger partial charge on any atom is -0.490 e. The standard InChI is InChI=1S/C14H18O4/c1-11(9-10-17-2)18-13-6-4-3-5-12(13)7-8-14(15)16/h3-8,11H,9-10H2,1-2H3,(H,15,16)/b8-7+. The minimum absolute atomic E-state index is 0.0179. The van der Waals surface area contributed by atoms with Crippen molar-refractivity contribution in [1.29, 1.82) is 0 Å².